The molecular formula is C10H9N5S2. The van der Waals surface area contributed by atoms with Crippen molar-refractivity contribution in [1.29, 1.82) is 0 Å². The van der Waals surface area contributed by atoms with Crippen LogP contribution in [-0.4, -0.2) is 31.1 Å². The number of aromatic nitrogens is 5. The summed E-state index contributed by atoms with van der Waals surface area (Å²) in [5, 5.41) is 13.6. The molecule has 0 spiro atoms. The van der Waals surface area contributed by atoms with E-state index in [0.717, 1.165) is 27.2 Å². The summed E-state index contributed by atoms with van der Waals surface area (Å²) in [4.78, 5) is 5.10. The third-order valence-electron chi connectivity index (χ3n) is 2.21. The Labute approximate surface area is 106 Å². The number of thioether (sulfide) groups is 1. The maximum atomic E-state index is 4.50. The molecule has 3 heterocycles. The first-order valence-corrected chi connectivity index (χ1v) is 7.21. The highest BCUT2D eigenvalue weighted by molar-refractivity contribution is 7.97. The second-order valence-electron chi connectivity index (χ2n) is 3.37. The van der Waals surface area contributed by atoms with Gasteiger partial charge in [-0.05, 0) is 18.4 Å². The predicted octanol–water partition coefficient (Wildman–Crippen LogP) is 2.11. The normalized spacial score (nSPS) is 11.1. The lowest BCUT2D eigenvalue weighted by atomic mass is 10.4. The highest BCUT2D eigenvalue weighted by Gasteiger charge is 2.12. The highest BCUT2D eigenvalue weighted by Crippen LogP contribution is 2.23. The van der Waals surface area contributed by atoms with E-state index in [0.29, 0.717) is 0 Å². The maximum absolute atomic E-state index is 4.50. The highest BCUT2D eigenvalue weighted by atomic mass is 32.2. The third kappa shape index (κ3) is 1.91. The van der Waals surface area contributed by atoms with Crippen LogP contribution in [0, 0.1) is 0 Å². The fourth-order valence-corrected chi connectivity index (χ4v) is 2.74. The Kier molecular flexibility index (Phi) is 2.77. The summed E-state index contributed by atoms with van der Waals surface area (Å²) in [6.45, 7) is 0. The van der Waals surface area contributed by atoms with E-state index >= 15 is 0 Å². The van der Waals surface area contributed by atoms with Crippen LogP contribution >= 0.6 is 23.1 Å². The van der Waals surface area contributed by atoms with E-state index < -0.39 is 0 Å². The van der Waals surface area contributed by atoms with Crippen LogP contribution in [0.4, 0.5) is 0 Å². The van der Waals surface area contributed by atoms with Gasteiger partial charge in [0.25, 0.3) is 0 Å². The van der Waals surface area contributed by atoms with Gasteiger partial charge in [0.2, 0.25) is 4.96 Å². The van der Waals surface area contributed by atoms with Crippen molar-refractivity contribution >= 4 is 28.1 Å². The van der Waals surface area contributed by atoms with Crippen molar-refractivity contribution in [2.24, 2.45) is 0 Å². The summed E-state index contributed by atoms with van der Waals surface area (Å²) in [5.41, 5.74) is 0.873. The smallest absolute Gasteiger partial charge is 0.235 e. The quantitative estimate of drug-likeness (QED) is 0.724. The number of fused-ring (bicyclic) bond motifs is 1. The van der Waals surface area contributed by atoms with Gasteiger partial charge in [0.1, 0.15) is 5.69 Å². The van der Waals surface area contributed by atoms with E-state index in [1.54, 1.807) is 22.5 Å². The molecule has 0 aromatic carbocycles. The van der Waals surface area contributed by atoms with Crippen LogP contribution in [-0.2, 0) is 5.75 Å². The molecule has 0 aliphatic heterocycles. The summed E-state index contributed by atoms with van der Waals surface area (Å²) in [7, 11) is 0. The third-order valence-corrected chi connectivity index (χ3v) is 3.68. The second-order valence-corrected chi connectivity index (χ2v) is 5.19. The largest absolute Gasteiger partial charge is 0.254 e. The molecule has 0 N–H and O–H groups in total. The lowest BCUT2D eigenvalue weighted by molar-refractivity contribution is 0.886. The van der Waals surface area contributed by atoms with Gasteiger partial charge in [-0.25, -0.2) is 0 Å². The molecule has 3 aromatic heterocycles. The van der Waals surface area contributed by atoms with Gasteiger partial charge in [-0.2, -0.15) is 21.4 Å². The molecule has 7 heteroatoms. The van der Waals surface area contributed by atoms with Crippen LogP contribution in [0.2, 0.25) is 0 Å². The molecule has 0 aliphatic rings. The minimum Gasteiger partial charge on any atom is -0.254 e. The van der Waals surface area contributed by atoms with Crippen molar-refractivity contribution in [3.05, 3.63) is 30.2 Å². The van der Waals surface area contributed by atoms with E-state index in [-0.39, 0.29) is 0 Å². The Hall–Kier alpha value is -1.47. The molecular weight excluding hydrogens is 254 g/mol. The first kappa shape index (κ1) is 10.7. The fraction of sp³-hybridized carbons (Fsp3) is 0.200. The average molecular weight is 263 g/mol. The van der Waals surface area contributed by atoms with Crippen molar-refractivity contribution in [1.82, 2.24) is 24.8 Å². The molecule has 0 atom stereocenters. The Morgan fingerprint density at radius 3 is 3.06 bits per heavy atom. The number of hydrogen-bond acceptors (Lipinski definition) is 6. The van der Waals surface area contributed by atoms with Gasteiger partial charge in [-0.1, -0.05) is 17.4 Å². The van der Waals surface area contributed by atoms with Crippen LogP contribution in [0.15, 0.2) is 24.4 Å². The molecule has 0 radical (unpaired) electrons. The number of rotatable bonds is 3. The monoisotopic (exact) mass is 263 g/mol. The topological polar surface area (TPSA) is 56.0 Å². The average Bonchev–Trinajstić information content (AvgIpc) is 2.93. The van der Waals surface area contributed by atoms with Gasteiger partial charge in [0, 0.05) is 6.20 Å². The molecule has 0 bridgehead atoms. The van der Waals surface area contributed by atoms with E-state index in [1.165, 1.54) is 11.3 Å². The lowest BCUT2D eigenvalue weighted by Gasteiger charge is -1.93. The Bertz CT molecular complexity index is 630. The predicted molar refractivity (Wildman–Crippen MR) is 69.1 cm³/mol. The van der Waals surface area contributed by atoms with Crippen LogP contribution in [0.1, 0.15) is 5.82 Å². The molecule has 3 rings (SSSR count). The zero-order valence-corrected chi connectivity index (χ0v) is 10.7. The van der Waals surface area contributed by atoms with Gasteiger partial charge in [-0.3, -0.25) is 4.98 Å². The van der Waals surface area contributed by atoms with Gasteiger partial charge >= 0.3 is 0 Å². The molecule has 17 heavy (non-hydrogen) atoms. The van der Waals surface area contributed by atoms with Gasteiger partial charge in [0.05, 0.1) is 5.75 Å². The summed E-state index contributed by atoms with van der Waals surface area (Å²) in [6, 6.07) is 5.79. The molecule has 86 valence electrons. The van der Waals surface area contributed by atoms with Crippen molar-refractivity contribution in [3.8, 4) is 10.7 Å². The fourth-order valence-electron chi connectivity index (χ4n) is 1.47. The summed E-state index contributed by atoms with van der Waals surface area (Å²) < 4.78 is 1.80. The van der Waals surface area contributed by atoms with Crippen molar-refractivity contribution in [2.75, 3.05) is 6.26 Å². The molecule has 0 saturated carbocycles. The van der Waals surface area contributed by atoms with E-state index in [2.05, 4.69) is 20.3 Å². The molecule has 5 nitrogen and oxygen atoms in total. The van der Waals surface area contributed by atoms with Gasteiger partial charge in [0.15, 0.2) is 10.8 Å². The van der Waals surface area contributed by atoms with Crippen molar-refractivity contribution in [3.63, 3.8) is 0 Å². The summed E-state index contributed by atoms with van der Waals surface area (Å²) in [6.07, 6.45) is 3.80. The van der Waals surface area contributed by atoms with Crippen LogP contribution in [0.25, 0.3) is 15.7 Å². The first-order valence-electron chi connectivity index (χ1n) is 5.00. The zero-order chi connectivity index (χ0) is 11.7. The first-order chi connectivity index (χ1) is 8.38. The van der Waals surface area contributed by atoms with Gasteiger partial charge in [-0.15, -0.1) is 10.2 Å². The van der Waals surface area contributed by atoms with E-state index in [4.69, 9.17) is 0 Å². The molecule has 0 saturated heterocycles. The van der Waals surface area contributed by atoms with Crippen LogP contribution in [0.3, 0.4) is 0 Å². The van der Waals surface area contributed by atoms with Crippen molar-refractivity contribution < 1.29 is 0 Å². The van der Waals surface area contributed by atoms with Crippen LogP contribution in [0.5, 0.6) is 0 Å². The maximum Gasteiger partial charge on any atom is 0.235 e. The van der Waals surface area contributed by atoms with Crippen molar-refractivity contribution in [2.45, 2.75) is 5.75 Å². The SMILES string of the molecule is CSCc1nnc2sc(-c3ccccn3)nn12. The molecule has 0 aliphatic carbocycles. The molecule has 0 fully saturated rings. The van der Waals surface area contributed by atoms with E-state index in [1.807, 2.05) is 24.5 Å². The number of nitrogens with zero attached hydrogens (tertiary/aromatic N) is 5. The summed E-state index contributed by atoms with van der Waals surface area (Å²) >= 11 is 3.21. The molecule has 0 amide bonds. The molecule has 0 unspecified atom stereocenters. The minimum absolute atomic E-state index is 0.812. The zero-order valence-electron chi connectivity index (χ0n) is 9.07. The summed E-state index contributed by atoms with van der Waals surface area (Å²) in [5.74, 6) is 1.69. The van der Waals surface area contributed by atoms with Crippen LogP contribution < -0.4 is 0 Å². The Balaban J connectivity index is 2.08. The lowest BCUT2D eigenvalue weighted by Crippen LogP contribution is -1.93. The van der Waals surface area contributed by atoms with Gasteiger partial charge < -0.3 is 0 Å². The number of hydrogen-bond donors (Lipinski definition) is 0. The van der Waals surface area contributed by atoms with E-state index in [9.17, 15) is 0 Å². The number of pyridine rings is 1. The molecule has 3 aromatic rings. The standard InChI is InChI=1S/C10H9N5S2/c1-16-6-8-12-13-10-15(8)14-9(17-10)7-4-2-3-5-11-7/h2-5H,6H2,1H3. The Morgan fingerprint density at radius 2 is 2.29 bits per heavy atom. The minimum atomic E-state index is 0.812. The Morgan fingerprint density at radius 1 is 1.35 bits per heavy atom. The second kappa shape index (κ2) is 4.42.